The third-order valence-corrected chi connectivity index (χ3v) is 3.03. The maximum Gasteiger partial charge on any atom is 0.0853 e. The van der Waals surface area contributed by atoms with E-state index in [-0.39, 0.29) is 0 Å². The van der Waals surface area contributed by atoms with E-state index in [1.165, 1.54) is 17.2 Å². The number of anilines is 1. The fourth-order valence-corrected chi connectivity index (χ4v) is 1.94. The summed E-state index contributed by atoms with van der Waals surface area (Å²) in [6.07, 6.45) is 1.25. The topological polar surface area (TPSA) is 36.8 Å². The van der Waals surface area contributed by atoms with Crippen molar-refractivity contribution in [2.24, 2.45) is 10.2 Å². The van der Waals surface area contributed by atoms with Crippen LogP contribution in [0.2, 0.25) is 0 Å². The van der Waals surface area contributed by atoms with Crippen LogP contribution in [0.25, 0.3) is 10.8 Å². The van der Waals surface area contributed by atoms with Gasteiger partial charge in [0.25, 0.3) is 0 Å². The van der Waals surface area contributed by atoms with Gasteiger partial charge in [0.05, 0.1) is 5.69 Å². The second kappa shape index (κ2) is 20.6. The molecule has 0 radical (unpaired) electrons. The minimum atomic E-state index is 0.881. The molecule has 0 bridgehead atoms. The Morgan fingerprint density at radius 1 is 0.679 bits per heavy atom. The minimum absolute atomic E-state index is 0.881. The first-order valence-corrected chi connectivity index (χ1v) is 10.3. The Hall–Kier alpha value is -2.68. The summed E-state index contributed by atoms with van der Waals surface area (Å²) in [6, 6.07) is 24.5. The van der Waals surface area contributed by atoms with Crippen LogP contribution >= 0.6 is 0 Å². The molecule has 0 heterocycles. The van der Waals surface area contributed by atoms with Crippen molar-refractivity contribution in [3.8, 4) is 0 Å². The zero-order valence-corrected chi connectivity index (χ0v) is 19.0. The summed E-state index contributed by atoms with van der Waals surface area (Å²) in [4.78, 5) is 0. The molecule has 0 saturated heterocycles. The van der Waals surface area contributed by atoms with Crippen molar-refractivity contribution in [2.45, 2.75) is 48.0 Å². The van der Waals surface area contributed by atoms with Crippen LogP contribution < -0.4 is 5.32 Å². The molecule has 0 unspecified atom stereocenters. The van der Waals surface area contributed by atoms with Crippen LogP contribution in [-0.2, 0) is 0 Å². The zero-order chi connectivity index (χ0) is 21.6. The van der Waals surface area contributed by atoms with E-state index < -0.39 is 0 Å². The number of hydrogen-bond donors (Lipinski definition) is 1. The van der Waals surface area contributed by atoms with Crippen LogP contribution in [0.5, 0.6) is 0 Å². The molecule has 3 rings (SSSR count). The summed E-state index contributed by atoms with van der Waals surface area (Å²) >= 11 is 0. The molecule has 3 aromatic carbocycles. The van der Waals surface area contributed by atoms with E-state index >= 15 is 0 Å². The van der Waals surface area contributed by atoms with Crippen LogP contribution in [-0.4, -0.2) is 14.1 Å². The van der Waals surface area contributed by atoms with Gasteiger partial charge in [0.1, 0.15) is 0 Å². The Morgan fingerprint density at radius 3 is 1.32 bits per heavy atom. The van der Waals surface area contributed by atoms with Crippen LogP contribution in [0.3, 0.4) is 0 Å². The summed E-state index contributed by atoms with van der Waals surface area (Å²) in [5.74, 6) is 0. The number of nitrogens with one attached hydrogen (secondary N) is 1. The average Bonchev–Trinajstić information content (AvgIpc) is 2.78. The van der Waals surface area contributed by atoms with Gasteiger partial charge in [-0.15, -0.1) is 0 Å². The van der Waals surface area contributed by atoms with Gasteiger partial charge in [-0.25, -0.2) is 0 Å². The third kappa shape index (κ3) is 12.6. The molecule has 3 nitrogen and oxygen atoms in total. The average molecular weight is 382 g/mol. The van der Waals surface area contributed by atoms with Gasteiger partial charge >= 0.3 is 0 Å². The smallest absolute Gasteiger partial charge is 0.0853 e. The number of fused-ring (bicyclic) bond motifs is 1. The number of nitrogens with zero attached hydrogens (tertiary/aromatic N) is 2. The van der Waals surface area contributed by atoms with Crippen molar-refractivity contribution in [3.05, 3.63) is 72.8 Å². The summed E-state index contributed by atoms with van der Waals surface area (Å²) in [7, 11) is 3.54. The van der Waals surface area contributed by atoms with E-state index in [4.69, 9.17) is 0 Å². The number of hydrogen-bond acceptors (Lipinski definition) is 3. The number of benzene rings is 3. The van der Waals surface area contributed by atoms with Crippen molar-refractivity contribution in [1.29, 1.82) is 0 Å². The molecular formula is C25H39N3. The van der Waals surface area contributed by atoms with E-state index in [9.17, 15) is 0 Å². The molecule has 1 N–H and O–H groups in total. The standard InChI is InChI=1S/C10H8.C8H11N3.C3H8.2C2H6/c1-2-6-10-8-4-3-7-9(10)5-1;1-9-7-3-5-8(6-4-7)11-10-2;1-3-2;2*1-2/h1-8H;3-6,9H,1-2H3;3H2,1-2H3;2*1-2H3. The summed E-state index contributed by atoms with van der Waals surface area (Å²) in [5, 5.41) is 13.2. The van der Waals surface area contributed by atoms with Crippen LogP contribution in [0.4, 0.5) is 11.4 Å². The molecule has 0 spiro atoms. The van der Waals surface area contributed by atoms with Crippen LogP contribution in [0.1, 0.15) is 48.0 Å². The largest absolute Gasteiger partial charge is 0.388 e. The van der Waals surface area contributed by atoms with Crippen molar-refractivity contribution in [2.75, 3.05) is 19.4 Å². The Labute approximate surface area is 172 Å². The Kier molecular flexibility index (Phi) is 20.3. The second-order valence-electron chi connectivity index (χ2n) is 5.15. The summed E-state index contributed by atoms with van der Waals surface area (Å²) in [5.41, 5.74) is 1.96. The van der Waals surface area contributed by atoms with E-state index in [1.807, 2.05) is 59.0 Å². The highest BCUT2D eigenvalue weighted by Gasteiger charge is 1.88. The first kappa shape index (κ1) is 27.5. The highest BCUT2D eigenvalue weighted by Crippen LogP contribution is 2.15. The fraction of sp³-hybridized carbons (Fsp3) is 0.360. The van der Waals surface area contributed by atoms with Gasteiger partial charge in [-0.3, -0.25) is 0 Å². The highest BCUT2D eigenvalue weighted by molar-refractivity contribution is 5.82. The highest BCUT2D eigenvalue weighted by atomic mass is 15.1. The van der Waals surface area contributed by atoms with Gasteiger partial charge in [0.2, 0.25) is 0 Å². The van der Waals surface area contributed by atoms with E-state index in [0.29, 0.717) is 0 Å². The quantitative estimate of drug-likeness (QED) is 0.442. The van der Waals surface area contributed by atoms with E-state index in [2.05, 4.69) is 77.9 Å². The van der Waals surface area contributed by atoms with E-state index in [1.54, 1.807) is 7.05 Å². The Balaban J connectivity index is 0. The number of azo groups is 1. The Morgan fingerprint density at radius 2 is 1.04 bits per heavy atom. The molecule has 28 heavy (non-hydrogen) atoms. The fourth-order valence-electron chi connectivity index (χ4n) is 1.94. The molecule has 0 atom stereocenters. The second-order valence-corrected chi connectivity index (χ2v) is 5.15. The van der Waals surface area contributed by atoms with Crippen LogP contribution in [0, 0.1) is 0 Å². The van der Waals surface area contributed by atoms with Crippen molar-refractivity contribution in [1.82, 2.24) is 0 Å². The van der Waals surface area contributed by atoms with Crippen molar-refractivity contribution >= 4 is 22.1 Å². The maximum absolute atomic E-state index is 3.88. The molecule has 0 aliphatic heterocycles. The maximum atomic E-state index is 3.88. The van der Waals surface area contributed by atoms with Gasteiger partial charge in [-0.1, -0.05) is 96.5 Å². The lowest BCUT2D eigenvalue weighted by molar-refractivity contribution is 1.09. The van der Waals surface area contributed by atoms with Gasteiger partial charge in [-0.05, 0) is 35.0 Å². The lowest BCUT2D eigenvalue weighted by atomic mass is 10.1. The third-order valence-electron chi connectivity index (χ3n) is 3.03. The predicted octanol–water partition coefficient (Wildman–Crippen LogP) is 8.75. The van der Waals surface area contributed by atoms with Gasteiger partial charge in [-0.2, -0.15) is 10.2 Å². The van der Waals surface area contributed by atoms with Gasteiger partial charge < -0.3 is 5.32 Å². The molecule has 0 aromatic heterocycles. The van der Waals surface area contributed by atoms with E-state index in [0.717, 1.165) is 11.4 Å². The zero-order valence-electron chi connectivity index (χ0n) is 19.0. The molecule has 0 saturated carbocycles. The minimum Gasteiger partial charge on any atom is -0.388 e. The molecule has 0 fully saturated rings. The molecule has 3 heteroatoms. The first-order valence-electron chi connectivity index (χ1n) is 10.3. The summed E-state index contributed by atoms with van der Waals surface area (Å²) in [6.45, 7) is 12.2. The number of rotatable bonds is 2. The summed E-state index contributed by atoms with van der Waals surface area (Å²) < 4.78 is 0. The molecule has 0 amide bonds. The lowest BCUT2D eigenvalue weighted by Crippen LogP contribution is -1.84. The first-order chi connectivity index (χ1) is 13.7. The van der Waals surface area contributed by atoms with Gasteiger partial charge in [0, 0.05) is 19.8 Å². The Bertz CT molecular complexity index is 654. The monoisotopic (exact) mass is 381 g/mol. The molecule has 3 aromatic rings. The normalized spacial score (nSPS) is 8.71. The van der Waals surface area contributed by atoms with Crippen molar-refractivity contribution in [3.63, 3.8) is 0 Å². The molecule has 0 aliphatic rings. The SMILES string of the molecule is CC.CC.CCC.CN=Nc1ccc(NC)cc1.c1ccc2ccccc2c1. The van der Waals surface area contributed by atoms with Crippen molar-refractivity contribution < 1.29 is 0 Å². The predicted molar refractivity (Wildman–Crippen MR) is 129 cm³/mol. The van der Waals surface area contributed by atoms with Gasteiger partial charge in [0.15, 0.2) is 0 Å². The molecular weight excluding hydrogens is 342 g/mol. The molecule has 154 valence electrons. The lowest BCUT2D eigenvalue weighted by Gasteiger charge is -1.97. The van der Waals surface area contributed by atoms with Crippen LogP contribution in [0.15, 0.2) is 83.0 Å². The molecule has 0 aliphatic carbocycles.